The summed E-state index contributed by atoms with van der Waals surface area (Å²) in [6.45, 7) is 1.86. The van der Waals surface area contributed by atoms with E-state index in [-0.39, 0.29) is 11.7 Å². The van der Waals surface area contributed by atoms with Gasteiger partial charge in [-0.3, -0.25) is 4.79 Å². The lowest BCUT2D eigenvalue weighted by atomic mass is 10.0. The second-order valence-electron chi connectivity index (χ2n) is 4.81. The SMILES string of the molecule is CCC(C/C=C/c1ccc2ccccc2c1O)C(=O)O. The third kappa shape index (κ3) is 2.99. The van der Waals surface area contributed by atoms with E-state index in [9.17, 15) is 9.90 Å². The first-order chi connectivity index (χ1) is 9.63. The third-order valence-corrected chi connectivity index (χ3v) is 3.49. The van der Waals surface area contributed by atoms with Gasteiger partial charge in [0.1, 0.15) is 5.75 Å². The van der Waals surface area contributed by atoms with E-state index in [0.29, 0.717) is 18.4 Å². The molecule has 0 aromatic heterocycles. The van der Waals surface area contributed by atoms with Crippen molar-refractivity contribution in [2.45, 2.75) is 19.8 Å². The Morgan fingerprint density at radius 3 is 2.70 bits per heavy atom. The molecular formula is C17H18O3. The van der Waals surface area contributed by atoms with Crippen molar-refractivity contribution in [3.05, 3.63) is 48.0 Å². The number of allylic oxidation sites excluding steroid dienone is 1. The molecule has 0 heterocycles. The highest BCUT2D eigenvalue weighted by Crippen LogP contribution is 2.29. The summed E-state index contributed by atoms with van der Waals surface area (Å²) in [6.07, 6.45) is 4.67. The lowest BCUT2D eigenvalue weighted by Gasteiger charge is -2.06. The fourth-order valence-corrected chi connectivity index (χ4v) is 2.21. The van der Waals surface area contributed by atoms with E-state index in [4.69, 9.17) is 5.11 Å². The minimum Gasteiger partial charge on any atom is -0.507 e. The molecule has 104 valence electrons. The fraction of sp³-hybridized carbons (Fsp3) is 0.235. The van der Waals surface area contributed by atoms with Gasteiger partial charge in [0.15, 0.2) is 0 Å². The van der Waals surface area contributed by atoms with Crippen molar-refractivity contribution >= 4 is 22.8 Å². The summed E-state index contributed by atoms with van der Waals surface area (Å²) in [4.78, 5) is 10.9. The smallest absolute Gasteiger partial charge is 0.306 e. The zero-order chi connectivity index (χ0) is 14.5. The largest absolute Gasteiger partial charge is 0.507 e. The lowest BCUT2D eigenvalue weighted by Crippen LogP contribution is -2.11. The van der Waals surface area contributed by atoms with Gasteiger partial charge in [-0.1, -0.05) is 55.5 Å². The van der Waals surface area contributed by atoms with Crippen LogP contribution >= 0.6 is 0 Å². The number of benzene rings is 2. The Kier molecular flexibility index (Phi) is 4.41. The average molecular weight is 270 g/mol. The van der Waals surface area contributed by atoms with Gasteiger partial charge in [0, 0.05) is 10.9 Å². The van der Waals surface area contributed by atoms with Crippen LogP contribution in [0.1, 0.15) is 25.3 Å². The molecule has 0 aliphatic rings. The van der Waals surface area contributed by atoms with Crippen molar-refractivity contribution < 1.29 is 15.0 Å². The standard InChI is InChI=1S/C17H18O3/c1-2-12(17(19)20)7-5-8-14-11-10-13-6-3-4-9-15(13)16(14)18/h3-6,8-12,18H,2,7H2,1H3,(H,19,20)/b8-5+. The first-order valence-corrected chi connectivity index (χ1v) is 6.73. The second-order valence-corrected chi connectivity index (χ2v) is 4.81. The third-order valence-electron chi connectivity index (χ3n) is 3.49. The molecule has 0 amide bonds. The molecule has 1 unspecified atom stereocenters. The highest BCUT2D eigenvalue weighted by atomic mass is 16.4. The van der Waals surface area contributed by atoms with Crippen LogP contribution in [0.3, 0.4) is 0 Å². The molecule has 0 spiro atoms. The summed E-state index contributed by atoms with van der Waals surface area (Å²) in [5.41, 5.74) is 0.712. The van der Waals surface area contributed by atoms with E-state index in [1.165, 1.54) is 0 Å². The van der Waals surface area contributed by atoms with Crippen LogP contribution in [0.5, 0.6) is 5.75 Å². The van der Waals surface area contributed by atoms with E-state index < -0.39 is 5.97 Å². The van der Waals surface area contributed by atoms with Crippen molar-refractivity contribution in [2.75, 3.05) is 0 Å². The summed E-state index contributed by atoms with van der Waals surface area (Å²) in [7, 11) is 0. The van der Waals surface area contributed by atoms with E-state index in [1.807, 2.05) is 49.4 Å². The minimum atomic E-state index is -0.778. The van der Waals surface area contributed by atoms with Crippen LogP contribution in [0.4, 0.5) is 0 Å². The van der Waals surface area contributed by atoms with Gasteiger partial charge < -0.3 is 10.2 Å². The maximum absolute atomic E-state index is 10.9. The first-order valence-electron chi connectivity index (χ1n) is 6.73. The molecule has 0 bridgehead atoms. The van der Waals surface area contributed by atoms with Crippen LogP contribution in [0, 0.1) is 5.92 Å². The van der Waals surface area contributed by atoms with Gasteiger partial charge in [0.25, 0.3) is 0 Å². The molecule has 3 heteroatoms. The molecule has 2 rings (SSSR count). The van der Waals surface area contributed by atoms with Gasteiger partial charge in [-0.05, 0) is 18.2 Å². The molecule has 0 fully saturated rings. The van der Waals surface area contributed by atoms with E-state index in [2.05, 4.69) is 0 Å². The average Bonchev–Trinajstić information content (AvgIpc) is 2.45. The van der Waals surface area contributed by atoms with Crippen LogP contribution in [-0.4, -0.2) is 16.2 Å². The van der Waals surface area contributed by atoms with Gasteiger partial charge in [-0.2, -0.15) is 0 Å². The maximum Gasteiger partial charge on any atom is 0.306 e. The molecule has 1 atom stereocenters. The van der Waals surface area contributed by atoms with Crippen molar-refractivity contribution in [3.8, 4) is 5.75 Å². The number of hydrogen-bond acceptors (Lipinski definition) is 2. The van der Waals surface area contributed by atoms with Gasteiger partial charge >= 0.3 is 5.97 Å². The van der Waals surface area contributed by atoms with Gasteiger partial charge in [0.2, 0.25) is 0 Å². The summed E-state index contributed by atoms with van der Waals surface area (Å²) in [6, 6.07) is 11.4. The summed E-state index contributed by atoms with van der Waals surface area (Å²) in [5.74, 6) is -0.906. The number of aliphatic carboxylic acids is 1. The molecule has 0 radical (unpaired) electrons. The Morgan fingerprint density at radius 1 is 1.25 bits per heavy atom. The van der Waals surface area contributed by atoms with Gasteiger partial charge in [-0.15, -0.1) is 0 Å². The molecule has 0 saturated carbocycles. The Bertz CT molecular complexity index is 644. The molecular weight excluding hydrogens is 252 g/mol. The monoisotopic (exact) mass is 270 g/mol. The number of phenolic OH excluding ortho intramolecular Hbond substituents is 1. The van der Waals surface area contributed by atoms with Crippen LogP contribution < -0.4 is 0 Å². The molecule has 2 aromatic rings. The highest BCUT2D eigenvalue weighted by molar-refractivity contribution is 5.91. The summed E-state index contributed by atoms with van der Waals surface area (Å²) < 4.78 is 0. The normalized spacial score (nSPS) is 12.8. The number of hydrogen-bond donors (Lipinski definition) is 2. The number of phenols is 1. The zero-order valence-electron chi connectivity index (χ0n) is 11.4. The molecule has 20 heavy (non-hydrogen) atoms. The Balaban J connectivity index is 2.21. The number of carboxylic acid groups (broad SMARTS) is 1. The van der Waals surface area contributed by atoms with Gasteiger partial charge in [0.05, 0.1) is 5.92 Å². The van der Waals surface area contributed by atoms with Crippen molar-refractivity contribution in [1.29, 1.82) is 0 Å². The summed E-state index contributed by atoms with van der Waals surface area (Å²) in [5, 5.41) is 21.0. The Hall–Kier alpha value is -2.29. The molecule has 0 aliphatic heterocycles. The highest BCUT2D eigenvalue weighted by Gasteiger charge is 2.12. The van der Waals surface area contributed by atoms with Crippen LogP contribution in [-0.2, 0) is 4.79 Å². The van der Waals surface area contributed by atoms with E-state index in [1.54, 1.807) is 6.08 Å². The zero-order valence-corrected chi connectivity index (χ0v) is 11.4. The van der Waals surface area contributed by atoms with E-state index in [0.717, 1.165) is 10.8 Å². The topological polar surface area (TPSA) is 57.5 Å². The molecule has 2 N–H and O–H groups in total. The van der Waals surface area contributed by atoms with Crippen molar-refractivity contribution in [3.63, 3.8) is 0 Å². The van der Waals surface area contributed by atoms with Gasteiger partial charge in [-0.25, -0.2) is 0 Å². The first kappa shape index (κ1) is 14.1. The quantitative estimate of drug-likeness (QED) is 0.861. The number of aromatic hydroxyl groups is 1. The molecule has 0 saturated heterocycles. The Morgan fingerprint density at radius 2 is 2.00 bits per heavy atom. The second kappa shape index (κ2) is 6.24. The fourth-order valence-electron chi connectivity index (χ4n) is 2.21. The van der Waals surface area contributed by atoms with E-state index >= 15 is 0 Å². The number of fused-ring (bicyclic) bond motifs is 1. The number of rotatable bonds is 5. The molecule has 3 nitrogen and oxygen atoms in total. The number of carboxylic acids is 1. The lowest BCUT2D eigenvalue weighted by molar-refractivity contribution is -0.141. The van der Waals surface area contributed by atoms with Crippen LogP contribution in [0.15, 0.2) is 42.5 Å². The van der Waals surface area contributed by atoms with Crippen molar-refractivity contribution in [2.24, 2.45) is 5.92 Å². The number of carbonyl (C=O) groups is 1. The predicted molar refractivity (Wildman–Crippen MR) is 80.7 cm³/mol. The molecule has 0 aliphatic carbocycles. The Labute approximate surface area is 118 Å². The maximum atomic E-state index is 10.9. The summed E-state index contributed by atoms with van der Waals surface area (Å²) >= 11 is 0. The van der Waals surface area contributed by atoms with Crippen LogP contribution in [0.2, 0.25) is 0 Å². The molecule has 2 aromatic carbocycles. The predicted octanol–water partition coefficient (Wildman–Crippen LogP) is 4.06. The van der Waals surface area contributed by atoms with Crippen LogP contribution in [0.25, 0.3) is 16.8 Å². The van der Waals surface area contributed by atoms with Crippen molar-refractivity contribution in [1.82, 2.24) is 0 Å². The minimum absolute atomic E-state index is 0.239.